The second-order valence-corrected chi connectivity index (χ2v) is 5.35. The highest BCUT2D eigenvalue weighted by atomic mass is 16.1. The van der Waals surface area contributed by atoms with Crippen molar-refractivity contribution in [1.29, 1.82) is 0 Å². The number of rotatable bonds is 9. The number of hydrogen-bond donors (Lipinski definition) is 0. The zero-order valence-electron chi connectivity index (χ0n) is 11.6. The van der Waals surface area contributed by atoms with Gasteiger partial charge in [-0.1, -0.05) is 38.7 Å². The third kappa shape index (κ3) is 5.61. The molecule has 1 atom stereocenters. The summed E-state index contributed by atoms with van der Waals surface area (Å²) < 4.78 is 0. The number of Topliss-reactive ketones (excluding diaryl/α,β-unsaturated/α-hetero) is 1. The van der Waals surface area contributed by atoms with Gasteiger partial charge in [-0.3, -0.25) is 4.79 Å². The molecular weight excluding hydrogens is 224 g/mol. The van der Waals surface area contributed by atoms with Gasteiger partial charge in [0.2, 0.25) is 0 Å². The first-order valence-corrected chi connectivity index (χ1v) is 7.45. The molecule has 0 aromatic heterocycles. The molecule has 0 amide bonds. The molecule has 102 valence electrons. The number of carbonyl (C=O) groups excluding carboxylic acids is 2. The largest absolute Gasteiger partial charge is 0.303 e. The van der Waals surface area contributed by atoms with Crippen LogP contribution in [0, 0.1) is 5.92 Å². The van der Waals surface area contributed by atoms with Gasteiger partial charge in [-0.15, -0.1) is 0 Å². The van der Waals surface area contributed by atoms with Crippen molar-refractivity contribution in [1.82, 2.24) is 0 Å². The van der Waals surface area contributed by atoms with Crippen LogP contribution >= 0.6 is 0 Å². The Labute approximate surface area is 111 Å². The van der Waals surface area contributed by atoms with E-state index in [0.29, 0.717) is 6.42 Å². The molecule has 0 saturated carbocycles. The summed E-state index contributed by atoms with van der Waals surface area (Å²) in [6.45, 7) is 2.18. The second kappa shape index (κ2) is 9.07. The third-order valence-corrected chi connectivity index (χ3v) is 3.72. The molecule has 0 bridgehead atoms. The lowest BCUT2D eigenvalue weighted by Crippen LogP contribution is -2.13. The van der Waals surface area contributed by atoms with E-state index in [1.807, 2.05) is 0 Å². The highest BCUT2D eigenvalue weighted by Crippen LogP contribution is 2.22. The molecule has 0 spiro atoms. The predicted molar refractivity (Wildman–Crippen MR) is 74.5 cm³/mol. The van der Waals surface area contributed by atoms with Crippen LogP contribution in [0.15, 0.2) is 11.6 Å². The quantitative estimate of drug-likeness (QED) is 0.453. The highest BCUT2D eigenvalue weighted by Gasteiger charge is 2.17. The summed E-state index contributed by atoms with van der Waals surface area (Å²) in [7, 11) is 0. The van der Waals surface area contributed by atoms with E-state index in [9.17, 15) is 9.59 Å². The summed E-state index contributed by atoms with van der Waals surface area (Å²) >= 11 is 0. The van der Waals surface area contributed by atoms with Crippen LogP contribution in [-0.4, -0.2) is 12.1 Å². The lowest BCUT2D eigenvalue weighted by Gasteiger charge is -2.14. The summed E-state index contributed by atoms with van der Waals surface area (Å²) in [5.41, 5.74) is 0.974. The van der Waals surface area contributed by atoms with Gasteiger partial charge in [-0.2, -0.15) is 0 Å². The Balaban J connectivity index is 2.30. The summed E-state index contributed by atoms with van der Waals surface area (Å²) in [4.78, 5) is 23.0. The van der Waals surface area contributed by atoms with Crippen LogP contribution in [0.25, 0.3) is 0 Å². The molecule has 0 N–H and O–H groups in total. The molecule has 1 aliphatic rings. The fourth-order valence-corrected chi connectivity index (χ4v) is 2.51. The minimum Gasteiger partial charge on any atom is -0.303 e. The maximum absolute atomic E-state index is 12.0. The minimum absolute atomic E-state index is 0.0582. The molecule has 0 aromatic carbocycles. The van der Waals surface area contributed by atoms with Crippen LogP contribution < -0.4 is 0 Å². The van der Waals surface area contributed by atoms with Gasteiger partial charge in [0.1, 0.15) is 6.29 Å². The van der Waals surface area contributed by atoms with E-state index in [1.165, 1.54) is 25.7 Å². The maximum atomic E-state index is 12.0. The van der Waals surface area contributed by atoms with E-state index >= 15 is 0 Å². The number of unbranched alkanes of at least 4 members (excludes halogenated alkanes) is 3. The zero-order valence-corrected chi connectivity index (χ0v) is 11.6. The molecule has 1 aliphatic carbocycles. The number of carbonyl (C=O) groups is 2. The second-order valence-electron chi connectivity index (χ2n) is 5.35. The monoisotopic (exact) mass is 250 g/mol. The number of hydrogen-bond acceptors (Lipinski definition) is 2. The molecule has 0 aromatic rings. The summed E-state index contributed by atoms with van der Waals surface area (Å²) in [5, 5.41) is 0. The SMILES string of the molecule is CCCCCCC(C=O)CC(=O)C1=CCCCC1. The van der Waals surface area contributed by atoms with Gasteiger partial charge in [0.05, 0.1) is 0 Å². The van der Waals surface area contributed by atoms with E-state index in [1.54, 1.807) is 0 Å². The lowest BCUT2D eigenvalue weighted by atomic mass is 9.89. The van der Waals surface area contributed by atoms with Crippen molar-refractivity contribution in [3.05, 3.63) is 11.6 Å². The Morgan fingerprint density at radius 2 is 2.17 bits per heavy atom. The van der Waals surface area contributed by atoms with Crippen LogP contribution in [0.2, 0.25) is 0 Å². The van der Waals surface area contributed by atoms with Gasteiger partial charge in [-0.25, -0.2) is 0 Å². The molecular formula is C16H26O2. The van der Waals surface area contributed by atoms with Crippen molar-refractivity contribution < 1.29 is 9.59 Å². The molecule has 0 heterocycles. The Kier molecular flexibility index (Phi) is 7.63. The van der Waals surface area contributed by atoms with Crippen LogP contribution in [0.1, 0.15) is 71.1 Å². The Morgan fingerprint density at radius 3 is 2.78 bits per heavy atom. The summed E-state index contributed by atoms with van der Waals surface area (Å²) in [6, 6.07) is 0. The van der Waals surface area contributed by atoms with Crippen LogP contribution in [0.3, 0.4) is 0 Å². The summed E-state index contributed by atoms with van der Waals surface area (Å²) in [6.07, 6.45) is 13.3. The molecule has 18 heavy (non-hydrogen) atoms. The minimum atomic E-state index is -0.0582. The zero-order chi connectivity index (χ0) is 13.2. The standard InChI is InChI=1S/C16H26O2/c1-2-3-4-6-9-14(13-17)12-16(18)15-10-7-5-8-11-15/h10,13-14H,2-9,11-12H2,1H3. The van der Waals surface area contributed by atoms with Gasteiger partial charge in [0.15, 0.2) is 5.78 Å². The molecule has 0 aliphatic heterocycles. The Hall–Kier alpha value is -0.920. The maximum Gasteiger partial charge on any atom is 0.159 e. The van der Waals surface area contributed by atoms with E-state index in [2.05, 4.69) is 13.0 Å². The van der Waals surface area contributed by atoms with Crippen molar-refractivity contribution in [2.24, 2.45) is 5.92 Å². The van der Waals surface area contributed by atoms with Crippen LogP contribution in [-0.2, 0) is 9.59 Å². The predicted octanol–water partition coefficient (Wildman–Crippen LogP) is 4.23. The highest BCUT2D eigenvalue weighted by molar-refractivity contribution is 5.96. The molecule has 0 fully saturated rings. The smallest absolute Gasteiger partial charge is 0.159 e. The molecule has 2 nitrogen and oxygen atoms in total. The topological polar surface area (TPSA) is 34.1 Å². The van der Waals surface area contributed by atoms with E-state index < -0.39 is 0 Å². The lowest BCUT2D eigenvalue weighted by molar-refractivity contribution is -0.120. The fraction of sp³-hybridized carbons (Fsp3) is 0.750. The average Bonchev–Trinajstić information content (AvgIpc) is 2.43. The first-order valence-electron chi connectivity index (χ1n) is 7.45. The fourth-order valence-electron chi connectivity index (χ4n) is 2.51. The molecule has 1 rings (SSSR count). The first-order chi connectivity index (χ1) is 8.77. The number of allylic oxidation sites excluding steroid dienone is 2. The third-order valence-electron chi connectivity index (χ3n) is 3.72. The van der Waals surface area contributed by atoms with Crippen molar-refractivity contribution in [2.75, 3.05) is 0 Å². The number of aldehydes is 1. The van der Waals surface area contributed by atoms with Crippen molar-refractivity contribution in [3.63, 3.8) is 0 Å². The van der Waals surface area contributed by atoms with Crippen molar-refractivity contribution in [3.8, 4) is 0 Å². The molecule has 2 heteroatoms. The number of ketones is 1. The van der Waals surface area contributed by atoms with E-state index in [4.69, 9.17) is 0 Å². The Bertz CT molecular complexity index is 291. The molecule has 1 unspecified atom stereocenters. The van der Waals surface area contributed by atoms with E-state index in [-0.39, 0.29) is 11.7 Å². The summed E-state index contributed by atoms with van der Waals surface area (Å²) in [5.74, 6) is 0.152. The van der Waals surface area contributed by atoms with Gasteiger partial charge < -0.3 is 4.79 Å². The average molecular weight is 250 g/mol. The normalized spacial score (nSPS) is 17.1. The van der Waals surface area contributed by atoms with Gasteiger partial charge in [0, 0.05) is 12.3 Å². The van der Waals surface area contributed by atoms with Gasteiger partial charge in [-0.05, 0) is 37.7 Å². The van der Waals surface area contributed by atoms with Crippen molar-refractivity contribution >= 4 is 12.1 Å². The first kappa shape index (κ1) is 15.1. The van der Waals surface area contributed by atoms with Crippen molar-refractivity contribution in [2.45, 2.75) is 71.1 Å². The van der Waals surface area contributed by atoms with Crippen LogP contribution in [0.4, 0.5) is 0 Å². The van der Waals surface area contributed by atoms with Gasteiger partial charge in [0.25, 0.3) is 0 Å². The molecule has 0 radical (unpaired) electrons. The van der Waals surface area contributed by atoms with Crippen LogP contribution in [0.5, 0.6) is 0 Å². The molecule has 0 saturated heterocycles. The Morgan fingerprint density at radius 1 is 1.33 bits per heavy atom. The van der Waals surface area contributed by atoms with Gasteiger partial charge >= 0.3 is 0 Å². The van der Waals surface area contributed by atoms with E-state index in [0.717, 1.165) is 44.0 Å².